The predicted octanol–water partition coefficient (Wildman–Crippen LogP) is 0.657. The zero-order valence-corrected chi connectivity index (χ0v) is 14.3. The van der Waals surface area contributed by atoms with Gasteiger partial charge in [0.2, 0.25) is 21.8 Å². The maximum Gasteiger partial charge on any atom is 0.242 e. The van der Waals surface area contributed by atoms with E-state index in [9.17, 15) is 18.0 Å². The van der Waals surface area contributed by atoms with Crippen LogP contribution in [-0.2, 0) is 32.5 Å². The topological polar surface area (TPSA) is 118 Å². The van der Waals surface area contributed by atoms with Crippen molar-refractivity contribution in [1.29, 1.82) is 0 Å². The summed E-state index contributed by atoms with van der Waals surface area (Å²) in [4.78, 5) is 23.5. The van der Waals surface area contributed by atoms with E-state index in [-0.39, 0.29) is 29.6 Å². The van der Waals surface area contributed by atoms with Crippen LogP contribution < -0.4 is 16.0 Å². The van der Waals surface area contributed by atoms with Crippen molar-refractivity contribution in [2.24, 2.45) is 5.14 Å². The molecule has 0 fully saturated rings. The summed E-state index contributed by atoms with van der Waals surface area (Å²) < 4.78 is 22.3. The van der Waals surface area contributed by atoms with E-state index in [1.54, 1.807) is 12.1 Å². The molecule has 0 atom stereocenters. The summed E-state index contributed by atoms with van der Waals surface area (Å²) in [6.45, 7) is 0. The highest BCUT2D eigenvalue weighted by Gasteiger charge is 2.08. The number of aryl methyl sites for hydroxylation is 1. The molecule has 132 valence electrons. The molecule has 0 bridgehead atoms. The largest absolute Gasteiger partial charge is 0.273 e. The highest BCUT2D eigenvalue weighted by molar-refractivity contribution is 7.89. The first kappa shape index (κ1) is 18.6. The quantitative estimate of drug-likeness (QED) is 0.655. The minimum atomic E-state index is -3.72. The molecule has 25 heavy (non-hydrogen) atoms. The van der Waals surface area contributed by atoms with Gasteiger partial charge in [-0.05, 0) is 29.7 Å². The van der Waals surface area contributed by atoms with Crippen LogP contribution in [0.4, 0.5) is 0 Å². The van der Waals surface area contributed by atoms with Gasteiger partial charge in [-0.3, -0.25) is 20.4 Å². The average Bonchev–Trinajstić information content (AvgIpc) is 2.58. The van der Waals surface area contributed by atoms with Crippen LogP contribution >= 0.6 is 0 Å². The number of primary sulfonamides is 1. The minimum Gasteiger partial charge on any atom is -0.273 e. The van der Waals surface area contributed by atoms with Crippen molar-refractivity contribution >= 4 is 21.8 Å². The van der Waals surface area contributed by atoms with Crippen LogP contribution in [-0.4, -0.2) is 20.2 Å². The molecule has 2 aromatic carbocycles. The van der Waals surface area contributed by atoms with Crippen LogP contribution in [0.2, 0.25) is 0 Å². The van der Waals surface area contributed by atoms with Gasteiger partial charge in [0.25, 0.3) is 0 Å². The van der Waals surface area contributed by atoms with E-state index in [1.165, 1.54) is 12.1 Å². The molecule has 0 aromatic heterocycles. The van der Waals surface area contributed by atoms with Crippen molar-refractivity contribution < 1.29 is 18.0 Å². The summed E-state index contributed by atoms with van der Waals surface area (Å²) in [6.07, 6.45) is 0.738. The zero-order chi connectivity index (χ0) is 18.3. The fraction of sp³-hybridized carbons (Fsp3) is 0.176. The zero-order valence-electron chi connectivity index (χ0n) is 13.4. The lowest BCUT2D eigenvalue weighted by molar-refractivity contribution is -0.128. The standard InChI is InChI=1S/C17H19N3O4S/c18-25(23,24)15-9-6-13(7-10-15)8-11-16(21)19-20-17(22)12-14-4-2-1-3-5-14/h1-7,9-10H,8,11-12H2,(H,19,21)(H,20,22)(H2,18,23,24). The normalized spacial score (nSPS) is 10.9. The number of hydrogen-bond acceptors (Lipinski definition) is 4. The van der Waals surface area contributed by atoms with E-state index < -0.39 is 10.0 Å². The van der Waals surface area contributed by atoms with Crippen molar-refractivity contribution in [2.45, 2.75) is 24.2 Å². The second-order valence-electron chi connectivity index (χ2n) is 5.45. The molecule has 0 radical (unpaired) electrons. The molecule has 0 aliphatic rings. The number of sulfonamides is 1. The van der Waals surface area contributed by atoms with Crippen LogP contribution in [0.5, 0.6) is 0 Å². The Bertz CT molecular complexity index is 834. The monoisotopic (exact) mass is 361 g/mol. The fourth-order valence-electron chi connectivity index (χ4n) is 2.13. The molecule has 0 saturated carbocycles. The highest BCUT2D eigenvalue weighted by atomic mass is 32.2. The number of nitrogens with two attached hydrogens (primary N) is 1. The van der Waals surface area contributed by atoms with Gasteiger partial charge in [0.15, 0.2) is 0 Å². The SMILES string of the molecule is NS(=O)(=O)c1ccc(CCC(=O)NNC(=O)Cc2ccccc2)cc1. The Labute approximate surface area is 146 Å². The van der Waals surface area contributed by atoms with Crippen LogP contribution in [0.15, 0.2) is 59.5 Å². The smallest absolute Gasteiger partial charge is 0.242 e. The molecule has 0 spiro atoms. The summed E-state index contributed by atoms with van der Waals surface area (Å²) in [6, 6.07) is 15.2. The minimum absolute atomic E-state index is 0.0221. The van der Waals surface area contributed by atoms with E-state index in [0.29, 0.717) is 6.42 Å². The van der Waals surface area contributed by atoms with Gasteiger partial charge in [-0.2, -0.15) is 0 Å². The number of benzene rings is 2. The van der Waals surface area contributed by atoms with Crippen LogP contribution in [0.1, 0.15) is 17.5 Å². The first-order chi connectivity index (χ1) is 11.8. The summed E-state index contributed by atoms with van der Waals surface area (Å²) in [5, 5.41) is 5.02. The van der Waals surface area contributed by atoms with Crippen molar-refractivity contribution in [1.82, 2.24) is 10.9 Å². The Hall–Kier alpha value is -2.71. The number of carbonyl (C=O) groups excluding carboxylic acids is 2. The first-order valence-electron chi connectivity index (χ1n) is 7.58. The second kappa shape index (κ2) is 8.41. The van der Waals surface area contributed by atoms with Crippen molar-refractivity contribution in [2.75, 3.05) is 0 Å². The third-order valence-electron chi connectivity index (χ3n) is 3.44. The van der Waals surface area contributed by atoms with Gasteiger partial charge in [-0.15, -0.1) is 0 Å². The van der Waals surface area contributed by atoms with Gasteiger partial charge in [-0.1, -0.05) is 42.5 Å². The summed E-state index contributed by atoms with van der Waals surface area (Å²) in [7, 11) is -3.72. The van der Waals surface area contributed by atoms with Gasteiger partial charge in [0.1, 0.15) is 0 Å². The Kier molecular flexibility index (Phi) is 6.26. The van der Waals surface area contributed by atoms with Crippen molar-refractivity contribution in [3.05, 3.63) is 65.7 Å². The highest BCUT2D eigenvalue weighted by Crippen LogP contribution is 2.10. The molecule has 0 saturated heterocycles. The van der Waals surface area contributed by atoms with Gasteiger partial charge in [0, 0.05) is 6.42 Å². The van der Waals surface area contributed by atoms with E-state index in [0.717, 1.165) is 11.1 Å². The predicted molar refractivity (Wildman–Crippen MR) is 92.6 cm³/mol. The van der Waals surface area contributed by atoms with Gasteiger partial charge in [0.05, 0.1) is 11.3 Å². The second-order valence-corrected chi connectivity index (χ2v) is 7.01. The van der Waals surface area contributed by atoms with Gasteiger partial charge in [-0.25, -0.2) is 13.6 Å². The Balaban J connectivity index is 1.74. The first-order valence-corrected chi connectivity index (χ1v) is 9.12. The van der Waals surface area contributed by atoms with Gasteiger partial charge >= 0.3 is 0 Å². The molecule has 0 unspecified atom stereocenters. The Morgan fingerprint density at radius 1 is 0.840 bits per heavy atom. The molecule has 7 nitrogen and oxygen atoms in total. The summed E-state index contributed by atoms with van der Waals surface area (Å²) in [5.41, 5.74) is 6.36. The number of carbonyl (C=O) groups is 2. The Morgan fingerprint density at radius 3 is 2.04 bits per heavy atom. The lowest BCUT2D eigenvalue weighted by Gasteiger charge is -2.08. The molecule has 2 aromatic rings. The van der Waals surface area contributed by atoms with Crippen molar-refractivity contribution in [3.63, 3.8) is 0 Å². The van der Waals surface area contributed by atoms with Crippen molar-refractivity contribution in [3.8, 4) is 0 Å². The molecule has 2 rings (SSSR count). The Morgan fingerprint density at radius 2 is 1.44 bits per heavy atom. The van der Waals surface area contributed by atoms with Crippen LogP contribution in [0.3, 0.4) is 0 Å². The molecular formula is C17H19N3O4S. The average molecular weight is 361 g/mol. The number of hydrazine groups is 1. The lowest BCUT2D eigenvalue weighted by Crippen LogP contribution is -2.42. The molecule has 0 aliphatic heterocycles. The van der Waals surface area contributed by atoms with Crippen LogP contribution in [0, 0.1) is 0 Å². The number of hydrogen-bond donors (Lipinski definition) is 3. The summed E-state index contributed by atoms with van der Waals surface area (Å²) in [5.74, 6) is -0.644. The van der Waals surface area contributed by atoms with E-state index in [1.807, 2.05) is 30.3 Å². The fourth-order valence-corrected chi connectivity index (χ4v) is 2.65. The number of rotatable bonds is 6. The van der Waals surface area contributed by atoms with Gasteiger partial charge < -0.3 is 0 Å². The number of amides is 2. The van der Waals surface area contributed by atoms with E-state index in [2.05, 4.69) is 10.9 Å². The lowest BCUT2D eigenvalue weighted by atomic mass is 10.1. The summed E-state index contributed by atoms with van der Waals surface area (Å²) >= 11 is 0. The van der Waals surface area contributed by atoms with E-state index in [4.69, 9.17) is 5.14 Å². The molecule has 8 heteroatoms. The molecule has 4 N–H and O–H groups in total. The number of nitrogens with one attached hydrogen (secondary N) is 2. The third kappa shape index (κ3) is 6.36. The molecule has 0 heterocycles. The van der Waals surface area contributed by atoms with Crippen LogP contribution in [0.25, 0.3) is 0 Å². The molecular weight excluding hydrogens is 342 g/mol. The maximum atomic E-state index is 11.8. The maximum absolute atomic E-state index is 11.8. The van der Waals surface area contributed by atoms with E-state index >= 15 is 0 Å². The molecule has 2 amide bonds. The molecule has 0 aliphatic carbocycles. The third-order valence-corrected chi connectivity index (χ3v) is 4.37.